The Morgan fingerprint density at radius 3 is 2.62 bits per heavy atom. The summed E-state index contributed by atoms with van der Waals surface area (Å²) in [5.41, 5.74) is 7.13. The van der Waals surface area contributed by atoms with Crippen LogP contribution in [-0.4, -0.2) is 24.0 Å². The summed E-state index contributed by atoms with van der Waals surface area (Å²) in [4.78, 5) is 31.4. The Morgan fingerprint density at radius 1 is 1.05 bits per heavy atom. The van der Waals surface area contributed by atoms with Crippen LogP contribution in [0.25, 0.3) is 27.4 Å². The lowest BCUT2D eigenvalue weighted by atomic mass is 9.88. The third-order valence-corrected chi connectivity index (χ3v) is 7.60. The highest BCUT2D eigenvalue weighted by Crippen LogP contribution is 2.30. The van der Waals surface area contributed by atoms with E-state index in [0.717, 1.165) is 64.6 Å². The molecule has 0 radical (unpaired) electrons. The number of ether oxygens (including phenoxy) is 1. The summed E-state index contributed by atoms with van der Waals surface area (Å²) in [6, 6.07) is 21.5. The van der Waals surface area contributed by atoms with E-state index in [1.807, 2.05) is 60.1 Å². The first-order valence-electron chi connectivity index (χ1n) is 13.2. The number of hydrogen-bond acceptors (Lipinski definition) is 5. The quantitative estimate of drug-likeness (QED) is 0.193. The lowest BCUT2D eigenvalue weighted by Gasteiger charge is -2.30. The molecule has 1 amide bonds. The molecule has 1 saturated carbocycles. The second kappa shape index (κ2) is 11.5. The molecule has 0 bridgehead atoms. The third-order valence-electron chi connectivity index (χ3n) is 6.81. The minimum Gasteiger partial charge on any atom is -0.466 e. The first-order valence-corrected chi connectivity index (χ1v) is 13.5. The van der Waals surface area contributed by atoms with Crippen LogP contribution in [0.3, 0.4) is 0 Å². The number of carbonyl (C=O) groups is 2. The second-order valence-electron chi connectivity index (χ2n) is 9.28. The number of aromatic nitrogens is 1. The first-order chi connectivity index (χ1) is 18.5. The number of carbonyl (C=O) groups excluding carboxylic acids is 2. The zero-order valence-electron chi connectivity index (χ0n) is 21.8. The lowest BCUT2D eigenvalue weighted by Crippen LogP contribution is -2.36. The van der Waals surface area contributed by atoms with Crippen molar-refractivity contribution in [3.05, 3.63) is 89.4 Å². The number of anilines is 1. The molecule has 1 aromatic heterocycles. The van der Waals surface area contributed by atoms with Gasteiger partial charge in [-0.2, -0.15) is 0 Å². The molecule has 5 rings (SSSR count). The van der Waals surface area contributed by atoms with E-state index in [1.165, 1.54) is 13.2 Å². The Hall–Kier alpha value is -3.77. The van der Waals surface area contributed by atoms with Crippen molar-refractivity contribution >= 4 is 45.2 Å². The Kier molecular flexibility index (Phi) is 7.36. The minimum atomic E-state index is -0.901. The number of esters is 1. The van der Waals surface area contributed by atoms with Gasteiger partial charge in [-0.25, -0.2) is 9.78 Å². The fourth-order valence-corrected chi connectivity index (χ4v) is 5.48. The summed E-state index contributed by atoms with van der Waals surface area (Å²) >= 11 is 1.61. The van der Waals surface area contributed by atoms with Crippen LogP contribution in [0.1, 0.15) is 44.6 Å². The van der Waals surface area contributed by atoms with Crippen LogP contribution < -0.4 is 4.90 Å². The van der Waals surface area contributed by atoms with Crippen LogP contribution in [0.2, 0.25) is 0 Å². The molecule has 5 nitrogen and oxygen atoms in total. The number of amides is 1. The normalized spacial score (nSPS) is 15.4. The largest absolute Gasteiger partial charge is 0.466 e. The highest BCUT2D eigenvalue weighted by atomic mass is 32.1. The van der Waals surface area contributed by atoms with Crippen molar-refractivity contribution in [3.8, 4) is 11.1 Å². The molecule has 4 aromatic rings. The Bertz CT molecular complexity index is 1460. The second-order valence-corrected chi connectivity index (χ2v) is 10.2. The summed E-state index contributed by atoms with van der Waals surface area (Å²) < 4.78 is 15.0. The molecule has 1 unspecified atom stereocenters. The van der Waals surface area contributed by atoms with Gasteiger partial charge in [-0.15, -0.1) is 11.3 Å². The van der Waals surface area contributed by atoms with Gasteiger partial charge in [0.05, 0.1) is 30.7 Å². The summed E-state index contributed by atoms with van der Waals surface area (Å²) in [5, 5.41) is 0. The molecule has 1 atom stereocenters. The minimum absolute atomic E-state index is 0.0153. The number of methoxy groups -OCH3 is 1. The van der Waals surface area contributed by atoms with E-state index in [2.05, 4.69) is 17.1 Å². The van der Waals surface area contributed by atoms with Crippen molar-refractivity contribution in [3.63, 3.8) is 0 Å². The molecule has 188 valence electrons. The molecule has 1 heterocycles. The summed E-state index contributed by atoms with van der Waals surface area (Å²) in [6.45, 7) is -0.901. The summed E-state index contributed by atoms with van der Waals surface area (Å²) in [7, 11) is 1.33. The molecule has 3 aromatic carbocycles. The van der Waals surface area contributed by atoms with Crippen molar-refractivity contribution in [1.82, 2.24) is 4.98 Å². The Labute approximate surface area is 222 Å². The lowest BCUT2D eigenvalue weighted by molar-refractivity contribution is -0.134. The fraction of sp³-hybridized carbons (Fsp3) is 0.258. The van der Waals surface area contributed by atoms with Gasteiger partial charge in [-0.3, -0.25) is 4.79 Å². The van der Waals surface area contributed by atoms with Crippen LogP contribution in [0.15, 0.2) is 78.3 Å². The smallest absolute Gasteiger partial charge is 0.330 e. The van der Waals surface area contributed by atoms with Gasteiger partial charge in [-0.1, -0.05) is 61.7 Å². The van der Waals surface area contributed by atoms with E-state index >= 15 is 0 Å². The molecule has 6 heteroatoms. The number of benzene rings is 3. The van der Waals surface area contributed by atoms with Gasteiger partial charge >= 0.3 is 5.97 Å². The topological polar surface area (TPSA) is 59.5 Å². The first kappa shape index (κ1) is 23.6. The van der Waals surface area contributed by atoms with Crippen molar-refractivity contribution in [2.24, 2.45) is 5.92 Å². The van der Waals surface area contributed by atoms with Crippen LogP contribution in [0.5, 0.6) is 0 Å². The molecule has 1 aliphatic rings. The maximum atomic E-state index is 13.8. The van der Waals surface area contributed by atoms with Crippen molar-refractivity contribution in [1.29, 1.82) is 0 Å². The van der Waals surface area contributed by atoms with E-state index in [4.69, 9.17) is 4.74 Å². The van der Waals surface area contributed by atoms with Gasteiger partial charge in [0.2, 0.25) is 5.91 Å². The Morgan fingerprint density at radius 2 is 1.84 bits per heavy atom. The van der Waals surface area contributed by atoms with Crippen LogP contribution in [0, 0.1) is 5.92 Å². The summed E-state index contributed by atoms with van der Waals surface area (Å²) in [5.74, 6) is -0.548. The Balaban J connectivity index is 1.45. The highest BCUT2D eigenvalue weighted by molar-refractivity contribution is 7.16. The number of fused-ring (bicyclic) bond motifs is 1. The van der Waals surface area contributed by atoms with E-state index in [1.54, 1.807) is 22.3 Å². The molecule has 37 heavy (non-hydrogen) atoms. The van der Waals surface area contributed by atoms with Gasteiger partial charge in [0.25, 0.3) is 0 Å². The number of thiazole rings is 1. The van der Waals surface area contributed by atoms with Crippen LogP contribution in [0.4, 0.5) is 5.69 Å². The molecule has 0 saturated heterocycles. The number of hydrogen-bond donors (Lipinski definition) is 0. The van der Waals surface area contributed by atoms with Gasteiger partial charge in [0.15, 0.2) is 0 Å². The number of nitrogens with zero attached hydrogens (tertiary/aromatic N) is 2. The molecule has 0 spiro atoms. The maximum absolute atomic E-state index is 13.8. The van der Waals surface area contributed by atoms with E-state index in [9.17, 15) is 11.0 Å². The SMILES string of the molecule is [2H]C(c1ccc(-c2ccc3ncsc3c2)cc1)N(C(=O)C1CCCCC1)c1cccc(/C=C/C(=O)OC)c1. The predicted molar refractivity (Wildman–Crippen MR) is 150 cm³/mol. The van der Waals surface area contributed by atoms with Gasteiger partial charge in [-0.05, 0) is 65.4 Å². The number of rotatable bonds is 7. The molecular formula is C31H30N2O3S. The maximum Gasteiger partial charge on any atom is 0.330 e. The van der Waals surface area contributed by atoms with Gasteiger partial charge in [0.1, 0.15) is 0 Å². The molecule has 0 aliphatic heterocycles. The fourth-order valence-electron chi connectivity index (χ4n) is 4.77. The van der Waals surface area contributed by atoms with E-state index in [0.29, 0.717) is 5.69 Å². The average Bonchev–Trinajstić information content (AvgIpc) is 3.45. The van der Waals surface area contributed by atoms with E-state index < -0.39 is 12.5 Å². The standard InChI is InChI=1S/C31H30N2O3S/c1-36-30(34)17-12-22-6-5-9-27(18-22)33(31(35)25-7-3-2-4-8-25)20-23-10-13-24(14-11-23)26-15-16-28-29(19-26)37-21-32-28/h5-6,9-19,21,25H,2-4,7-8,20H2,1H3/b17-12+/i20D. The van der Waals surface area contributed by atoms with Crippen molar-refractivity contribution in [2.75, 3.05) is 12.0 Å². The monoisotopic (exact) mass is 511 g/mol. The zero-order valence-corrected chi connectivity index (χ0v) is 21.6. The summed E-state index contributed by atoms with van der Waals surface area (Å²) in [6.07, 6.45) is 7.93. The average molecular weight is 512 g/mol. The molecule has 0 N–H and O–H groups in total. The van der Waals surface area contributed by atoms with Crippen LogP contribution >= 0.6 is 11.3 Å². The highest BCUT2D eigenvalue weighted by Gasteiger charge is 2.27. The van der Waals surface area contributed by atoms with Crippen molar-refractivity contribution < 1.29 is 15.7 Å². The molecule has 1 fully saturated rings. The molecular weight excluding hydrogens is 480 g/mol. The van der Waals surface area contributed by atoms with E-state index in [-0.39, 0.29) is 11.8 Å². The van der Waals surface area contributed by atoms with Crippen LogP contribution in [-0.2, 0) is 20.8 Å². The van der Waals surface area contributed by atoms with Crippen molar-refractivity contribution in [2.45, 2.75) is 38.6 Å². The molecule has 1 aliphatic carbocycles. The zero-order chi connectivity index (χ0) is 26.5. The van der Waals surface area contributed by atoms with Gasteiger partial charge < -0.3 is 9.64 Å². The third kappa shape index (κ3) is 5.97. The van der Waals surface area contributed by atoms with Gasteiger partial charge in [0, 0.05) is 17.7 Å². The predicted octanol–water partition coefficient (Wildman–Crippen LogP) is 7.26.